The van der Waals surface area contributed by atoms with Crippen LogP contribution >= 0.6 is 0 Å². The highest BCUT2D eigenvalue weighted by molar-refractivity contribution is 6.33. The van der Waals surface area contributed by atoms with E-state index in [4.69, 9.17) is 0 Å². The number of imide groups is 2. The number of nitrogens with zero attached hydrogens (tertiary/aromatic N) is 2. The van der Waals surface area contributed by atoms with Gasteiger partial charge in [0.2, 0.25) is 0 Å². The van der Waals surface area contributed by atoms with Crippen molar-refractivity contribution in [1.82, 2.24) is 9.80 Å². The molecule has 0 atom stereocenters. The fraction of sp³-hybridized carbons (Fsp3) is 0.533. The molecular formula is C30H38N2O4. The van der Waals surface area contributed by atoms with Gasteiger partial charge in [0.05, 0.1) is 0 Å². The minimum atomic E-state index is -0.698. The second kappa shape index (κ2) is 8.82. The summed E-state index contributed by atoms with van der Waals surface area (Å²) in [7, 11) is 0. The zero-order valence-corrected chi connectivity index (χ0v) is 22.8. The monoisotopic (exact) mass is 490 g/mol. The molecule has 0 bridgehead atoms. The highest BCUT2D eigenvalue weighted by Gasteiger charge is 2.45. The molecule has 2 aliphatic rings. The van der Waals surface area contributed by atoms with Crippen LogP contribution < -0.4 is 0 Å². The lowest BCUT2D eigenvalue weighted by Gasteiger charge is -2.43. The van der Waals surface area contributed by atoms with E-state index in [9.17, 15) is 19.2 Å². The fourth-order valence-electron chi connectivity index (χ4n) is 5.95. The summed E-state index contributed by atoms with van der Waals surface area (Å²) in [4.78, 5) is 57.1. The summed E-state index contributed by atoms with van der Waals surface area (Å²) in [5.74, 6) is -1.01. The van der Waals surface area contributed by atoms with E-state index in [1.54, 1.807) is 24.3 Å². The quantitative estimate of drug-likeness (QED) is 0.406. The Hall–Kier alpha value is -3.02. The number of amides is 4. The molecule has 0 aliphatic carbocycles. The molecular weight excluding hydrogens is 452 g/mol. The fourth-order valence-corrected chi connectivity index (χ4v) is 5.95. The third kappa shape index (κ3) is 3.52. The third-order valence-electron chi connectivity index (χ3n) is 9.43. The van der Waals surface area contributed by atoms with Crippen LogP contribution in [-0.2, 0) is 0 Å². The van der Waals surface area contributed by atoms with Crippen molar-refractivity contribution in [3.05, 3.63) is 46.5 Å². The Balaban J connectivity index is 1.81. The van der Waals surface area contributed by atoms with Crippen LogP contribution in [0.1, 0.15) is 116 Å². The Morgan fingerprint density at radius 1 is 0.667 bits per heavy atom. The zero-order valence-electron chi connectivity index (χ0n) is 22.8. The van der Waals surface area contributed by atoms with Gasteiger partial charge in [0, 0.05) is 45.1 Å². The highest BCUT2D eigenvalue weighted by atomic mass is 16.2. The first-order valence-corrected chi connectivity index (χ1v) is 13.2. The molecule has 36 heavy (non-hydrogen) atoms. The highest BCUT2D eigenvalue weighted by Crippen LogP contribution is 2.42. The summed E-state index contributed by atoms with van der Waals surface area (Å²) >= 11 is 0. The van der Waals surface area contributed by atoms with E-state index in [1.165, 1.54) is 9.80 Å². The molecule has 4 rings (SSSR count). The molecule has 0 fully saturated rings. The Labute approximate surface area is 214 Å². The molecule has 6 nitrogen and oxygen atoms in total. The van der Waals surface area contributed by atoms with E-state index < -0.39 is 5.54 Å². The molecule has 0 saturated heterocycles. The smallest absolute Gasteiger partial charge is 0.261 e. The van der Waals surface area contributed by atoms with Gasteiger partial charge in [0.15, 0.2) is 0 Å². The lowest BCUT2D eigenvalue weighted by atomic mass is 9.70. The number of carbonyl (C=O) groups is 4. The van der Waals surface area contributed by atoms with Crippen LogP contribution in [0.15, 0.2) is 24.3 Å². The van der Waals surface area contributed by atoms with Gasteiger partial charge in [0.1, 0.15) is 0 Å². The van der Waals surface area contributed by atoms with E-state index >= 15 is 0 Å². The molecule has 0 N–H and O–H groups in total. The van der Waals surface area contributed by atoms with Crippen LogP contribution in [0, 0.1) is 17.3 Å². The Morgan fingerprint density at radius 2 is 1.06 bits per heavy atom. The normalized spacial score (nSPS) is 16.3. The lowest BCUT2D eigenvalue weighted by Crippen LogP contribution is -2.55. The van der Waals surface area contributed by atoms with Gasteiger partial charge in [-0.25, -0.2) is 0 Å². The number of hydrogen-bond donors (Lipinski definition) is 0. The maximum Gasteiger partial charge on any atom is 0.261 e. The molecule has 6 heteroatoms. The summed E-state index contributed by atoms with van der Waals surface area (Å²) in [5.41, 5.74) is 0.843. The van der Waals surface area contributed by atoms with Crippen LogP contribution in [0.4, 0.5) is 0 Å². The number of carbonyl (C=O) groups excluding carboxylic acids is 4. The van der Waals surface area contributed by atoms with Crippen LogP contribution in [0.5, 0.6) is 0 Å². The van der Waals surface area contributed by atoms with Gasteiger partial charge >= 0.3 is 0 Å². The first-order valence-electron chi connectivity index (χ1n) is 13.2. The van der Waals surface area contributed by atoms with E-state index in [2.05, 4.69) is 27.7 Å². The number of hydrogen-bond acceptors (Lipinski definition) is 4. The Morgan fingerprint density at radius 3 is 1.39 bits per heavy atom. The summed E-state index contributed by atoms with van der Waals surface area (Å²) in [6.07, 6.45) is 2.69. The molecule has 2 aliphatic heterocycles. The van der Waals surface area contributed by atoms with Crippen molar-refractivity contribution < 1.29 is 19.2 Å². The molecule has 0 unspecified atom stereocenters. The molecule has 2 heterocycles. The zero-order chi connectivity index (χ0) is 26.7. The molecule has 4 amide bonds. The predicted octanol–water partition coefficient (Wildman–Crippen LogP) is 6.32. The van der Waals surface area contributed by atoms with E-state index in [-0.39, 0.29) is 35.0 Å². The van der Waals surface area contributed by atoms with Crippen molar-refractivity contribution in [2.45, 2.75) is 80.2 Å². The summed E-state index contributed by atoms with van der Waals surface area (Å²) < 4.78 is 0. The van der Waals surface area contributed by atoms with Crippen LogP contribution in [-0.4, -0.2) is 45.5 Å². The average Bonchev–Trinajstić information content (AvgIpc) is 2.83. The van der Waals surface area contributed by atoms with Gasteiger partial charge < -0.3 is 0 Å². The molecule has 0 saturated carbocycles. The second-order valence-corrected chi connectivity index (χ2v) is 11.6. The number of rotatable bonds is 8. The van der Waals surface area contributed by atoms with Crippen LogP contribution in [0.3, 0.4) is 0 Å². The topological polar surface area (TPSA) is 74.8 Å². The van der Waals surface area contributed by atoms with Gasteiger partial charge in [-0.1, -0.05) is 54.4 Å². The van der Waals surface area contributed by atoms with Crippen molar-refractivity contribution in [3.8, 4) is 0 Å². The largest absolute Gasteiger partial charge is 0.274 e. The van der Waals surface area contributed by atoms with Crippen LogP contribution in [0.25, 0.3) is 10.8 Å². The summed E-state index contributed by atoms with van der Waals surface area (Å²) in [6, 6.07) is 6.59. The lowest BCUT2D eigenvalue weighted by molar-refractivity contribution is 0.0346. The predicted molar refractivity (Wildman–Crippen MR) is 141 cm³/mol. The van der Waals surface area contributed by atoms with Crippen LogP contribution in [0.2, 0.25) is 0 Å². The van der Waals surface area contributed by atoms with Gasteiger partial charge in [-0.05, 0) is 61.8 Å². The van der Waals surface area contributed by atoms with Crippen molar-refractivity contribution in [3.63, 3.8) is 0 Å². The Kier molecular flexibility index (Phi) is 6.39. The van der Waals surface area contributed by atoms with Crippen molar-refractivity contribution in [2.75, 3.05) is 6.54 Å². The third-order valence-corrected chi connectivity index (χ3v) is 9.43. The van der Waals surface area contributed by atoms with E-state index in [0.717, 1.165) is 19.3 Å². The van der Waals surface area contributed by atoms with Gasteiger partial charge in [-0.15, -0.1) is 0 Å². The SMILES string of the molecule is CCC(CC)(CCN1C(=O)c2ccc3c4c(ccc(c24)C1=O)C(=O)N(C(C)(C)C(C)C)C3=O)C(C)C. The van der Waals surface area contributed by atoms with Crippen molar-refractivity contribution >= 4 is 34.4 Å². The van der Waals surface area contributed by atoms with E-state index in [1.807, 2.05) is 27.7 Å². The van der Waals surface area contributed by atoms with Gasteiger partial charge in [0.25, 0.3) is 23.6 Å². The molecule has 2 aromatic carbocycles. The first-order chi connectivity index (χ1) is 16.8. The first kappa shape index (κ1) is 26.1. The average molecular weight is 491 g/mol. The van der Waals surface area contributed by atoms with Gasteiger partial charge in [-0.3, -0.25) is 29.0 Å². The minimum absolute atomic E-state index is 0.0424. The number of benzene rings is 2. The minimum Gasteiger partial charge on any atom is -0.274 e. The molecule has 0 spiro atoms. The standard InChI is InChI=1S/C30H38N2O4/c1-9-30(10-2,18(5)6)15-16-31-25(33)19-11-13-21-24-22(14-12-20(23(19)24)26(31)34)28(36)32(27(21)35)29(7,8)17(3)4/h11-14,17-18H,9-10,15-16H2,1-8H3. The molecule has 2 aromatic rings. The molecule has 0 aromatic heterocycles. The maximum absolute atomic E-state index is 13.6. The van der Waals surface area contributed by atoms with Gasteiger partial charge in [-0.2, -0.15) is 0 Å². The summed E-state index contributed by atoms with van der Waals surface area (Å²) in [5, 5.41) is 0.858. The second-order valence-electron chi connectivity index (χ2n) is 11.6. The Bertz CT molecular complexity index is 1210. The summed E-state index contributed by atoms with van der Waals surface area (Å²) in [6.45, 7) is 16.8. The van der Waals surface area contributed by atoms with E-state index in [0.29, 0.717) is 45.5 Å². The molecule has 0 radical (unpaired) electrons. The van der Waals surface area contributed by atoms with Crippen molar-refractivity contribution in [2.24, 2.45) is 17.3 Å². The van der Waals surface area contributed by atoms with Crippen molar-refractivity contribution in [1.29, 1.82) is 0 Å². The molecule has 192 valence electrons. The maximum atomic E-state index is 13.6.